The molecule has 1 aliphatic carbocycles. The molecule has 2 aliphatic rings. The second-order valence-corrected chi connectivity index (χ2v) is 6.50. The third-order valence-electron chi connectivity index (χ3n) is 4.90. The monoisotopic (exact) mass is 306 g/mol. The lowest BCUT2D eigenvalue weighted by molar-refractivity contribution is 0.0627. The zero-order chi connectivity index (χ0) is 15.6. The van der Waals surface area contributed by atoms with Gasteiger partial charge < -0.3 is 4.90 Å². The van der Waals surface area contributed by atoms with E-state index >= 15 is 0 Å². The molecule has 0 atom stereocenters. The fourth-order valence-electron chi connectivity index (χ4n) is 3.35. The first-order valence-electron chi connectivity index (χ1n) is 8.50. The van der Waals surface area contributed by atoms with E-state index in [9.17, 15) is 4.79 Å². The Hall–Kier alpha value is -2.13. The van der Waals surface area contributed by atoms with E-state index in [-0.39, 0.29) is 5.91 Å². The van der Waals surface area contributed by atoms with E-state index in [0.29, 0.717) is 0 Å². The van der Waals surface area contributed by atoms with E-state index in [1.54, 1.807) is 0 Å². The Morgan fingerprint density at radius 1 is 0.783 bits per heavy atom. The molecule has 1 amide bonds. The Balaban J connectivity index is 1.42. The number of nitrogens with zero attached hydrogens (tertiary/aromatic N) is 2. The van der Waals surface area contributed by atoms with Crippen LogP contribution in [0.15, 0.2) is 54.6 Å². The maximum absolute atomic E-state index is 12.6. The number of amides is 1. The van der Waals surface area contributed by atoms with Crippen LogP contribution in [-0.2, 0) is 0 Å². The van der Waals surface area contributed by atoms with Gasteiger partial charge in [0, 0.05) is 37.8 Å². The second-order valence-electron chi connectivity index (χ2n) is 6.50. The van der Waals surface area contributed by atoms with Gasteiger partial charge in [0.2, 0.25) is 0 Å². The van der Waals surface area contributed by atoms with Crippen molar-refractivity contribution in [2.75, 3.05) is 26.2 Å². The Labute approximate surface area is 137 Å². The van der Waals surface area contributed by atoms with Crippen molar-refractivity contribution in [1.82, 2.24) is 9.80 Å². The van der Waals surface area contributed by atoms with Gasteiger partial charge in [-0.2, -0.15) is 0 Å². The number of piperazine rings is 1. The van der Waals surface area contributed by atoms with Gasteiger partial charge in [0.1, 0.15) is 0 Å². The highest BCUT2D eigenvalue weighted by Gasteiger charge is 2.32. The maximum atomic E-state index is 12.6. The van der Waals surface area contributed by atoms with E-state index in [1.807, 2.05) is 47.4 Å². The second kappa shape index (κ2) is 6.17. The molecule has 3 nitrogen and oxygen atoms in total. The number of hydrogen-bond donors (Lipinski definition) is 0. The molecule has 0 spiro atoms. The first kappa shape index (κ1) is 14.5. The Bertz CT molecular complexity index is 669. The summed E-state index contributed by atoms with van der Waals surface area (Å²) in [4.78, 5) is 17.2. The van der Waals surface area contributed by atoms with Crippen molar-refractivity contribution in [2.45, 2.75) is 18.9 Å². The minimum atomic E-state index is 0.167. The highest BCUT2D eigenvalue weighted by atomic mass is 16.2. The molecule has 0 radical (unpaired) electrons. The molecule has 0 aromatic heterocycles. The fourth-order valence-corrected chi connectivity index (χ4v) is 3.35. The summed E-state index contributed by atoms with van der Waals surface area (Å²) in [7, 11) is 0. The van der Waals surface area contributed by atoms with Crippen LogP contribution < -0.4 is 0 Å². The van der Waals surface area contributed by atoms with Crippen molar-refractivity contribution in [1.29, 1.82) is 0 Å². The molecule has 2 fully saturated rings. The number of carbonyl (C=O) groups excluding carboxylic acids is 1. The van der Waals surface area contributed by atoms with Gasteiger partial charge >= 0.3 is 0 Å². The van der Waals surface area contributed by atoms with Crippen molar-refractivity contribution < 1.29 is 4.79 Å². The highest BCUT2D eigenvalue weighted by molar-refractivity contribution is 5.94. The van der Waals surface area contributed by atoms with Crippen LogP contribution in [0.3, 0.4) is 0 Å². The lowest BCUT2D eigenvalue weighted by Crippen LogP contribution is -2.49. The molecule has 0 bridgehead atoms. The number of carbonyl (C=O) groups is 1. The molecule has 1 saturated carbocycles. The van der Waals surface area contributed by atoms with Gasteiger partial charge in [-0.1, -0.05) is 42.5 Å². The van der Waals surface area contributed by atoms with E-state index in [1.165, 1.54) is 18.4 Å². The molecule has 0 N–H and O–H groups in total. The average Bonchev–Trinajstić information content (AvgIpc) is 3.47. The molecule has 118 valence electrons. The summed E-state index contributed by atoms with van der Waals surface area (Å²) in [5, 5.41) is 0. The van der Waals surface area contributed by atoms with Gasteiger partial charge in [-0.15, -0.1) is 0 Å². The van der Waals surface area contributed by atoms with Crippen molar-refractivity contribution in [3.05, 3.63) is 60.2 Å². The summed E-state index contributed by atoms with van der Waals surface area (Å²) in [6.45, 7) is 3.77. The van der Waals surface area contributed by atoms with Crippen LogP contribution in [0.4, 0.5) is 0 Å². The lowest BCUT2D eigenvalue weighted by Gasteiger charge is -2.34. The minimum absolute atomic E-state index is 0.167. The molecule has 4 rings (SSSR count). The summed E-state index contributed by atoms with van der Waals surface area (Å²) in [6, 6.07) is 19.1. The van der Waals surface area contributed by atoms with Gasteiger partial charge in [0.15, 0.2) is 0 Å². The van der Waals surface area contributed by atoms with E-state index < -0.39 is 0 Å². The quantitative estimate of drug-likeness (QED) is 0.869. The van der Waals surface area contributed by atoms with Crippen LogP contribution in [-0.4, -0.2) is 47.9 Å². The number of hydrogen-bond acceptors (Lipinski definition) is 2. The zero-order valence-corrected chi connectivity index (χ0v) is 13.3. The molecule has 3 heteroatoms. The highest BCUT2D eigenvalue weighted by Crippen LogP contribution is 2.27. The average molecular weight is 306 g/mol. The van der Waals surface area contributed by atoms with Crippen molar-refractivity contribution in [3.8, 4) is 11.1 Å². The number of rotatable bonds is 3. The Morgan fingerprint density at radius 3 is 2.00 bits per heavy atom. The third kappa shape index (κ3) is 3.15. The first-order valence-corrected chi connectivity index (χ1v) is 8.50. The fraction of sp³-hybridized carbons (Fsp3) is 0.350. The van der Waals surface area contributed by atoms with Crippen molar-refractivity contribution in [2.24, 2.45) is 0 Å². The molecule has 1 aliphatic heterocycles. The van der Waals surface area contributed by atoms with E-state index in [4.69, 9.17) is 0 Å². The van der Waals surface area contributed by atoms with Gasteiger partial charge in [-0.25, -0.2) is 0 Å². The van der Waals surface area contributed by atoms with Crippen LogP contribution in [0.25, 0.3) is 11.1 Å². The van der Waals surface area contributed by atoms with Gasteiger partial charge in [-0.3, -0.25) is 9.69 Å². The minimum Gasteiger partial charge on any atom is -0.336 e. The third-order valence-corrected chi connectivity index (χ3v) is 4.90. The normalized spacial score (nSPS) is 18.9. The molecule has 1 heterocycles. The first-order chi connectivity index (χ1) is 11.3. The molecule has 2 aromatic rings. The predicted molar refractivity (Wildman–Crippen MR) is 92.4 cm³/mol. The summed E-state index contributed by atoms with van der Waals surface area (Å²) < 4.78 is 0. The van der Waals surface area contributed by atoms with Crippen LogP contribution in [0.2, 0.25) is 0 Å². The van der Waals surface area contributed by atoms with Gasteiger partial charge in [0.05, 0.1) is 0 Å². The summed E-state index contributed by atoms with van der Waals surface area (Å²) in [5.41, 5.74) is 3.13. The SMILES string of the molecule is O=C(c1ccc(-c2ccccc2)cc1)N1CCN(C2CC2)CC1. The van der Waals surface area contributed by atoms with Crippen LogP contribution in [0.1, 0.15) is 23.2 Å². The maximum Gasteiger partial charge on any atom is 0.253 e. The zero-order valence-electron chi connectivity index (χ0n) is 13.3. The molecule has 2 aromatic carbocycles. The molecule has 0 unspecified atom stereocenters. The summed E-state index contributed by atoms with van der Waals surface area (Å²) >= 11 is 0. The standard InChI is InChI=1S/C20H22N2O/c23-20(22-14-12-21(13-15-22)19-10-11-19)18-8-6-17(7-9-18)16-4-2-1-3-5-16/h1-9,19H,10-15H2. The molecule has 23 heavy (non-hydrogen) atoms. The largest absolute Gasteiger partial charge is 0.336 e. The van der Waals surface area contributed by atoms with E-state index in [0.717, 1.165) is 43.3 Å². The lowest BCUT2D eigenvalue weighted by atomic mass is 10.0. The van der Waals surface area contributed by atoms with Gasteiger partial charge in [0.25, 0.3) is 5.91 Å². The molecular weight excluding hydrogens is 284 g/mol. The van der Waals surface area contributed by atoms with Crippen LogP contribution in [0, 0.1) is 0 Å². The van der Waals surface area contributed by atoms with Crippen LogP contribution >= 0.6 is 0 Å². The summed E-state index contributed by atoms with van der Waals surface area (Å²) in [5.74, 6) is 0.167. The summed E-state index contributed by atoms with van der Waals surface area (Å²) in [6.07, 6.45) is 2.68. The topological polar surface area (TPSA) is 23.6 Å². The molecular formula is C20H22N2O. The molecule has 1 saturated heterocycles. The van der Waals surface area contributed by atoms with Crippen molar-refractivity contribution in [3.63, 3.8) is 0 Å². The predicted octanol–water partition coefficient (Wildman–Crippen LogP) is 3.27. The Morgan fingerprint density at radius 2 is 1.39 bits per heavy atom. The number of benzene rings is 2. The van der Waals surface area contributed by atoms with Crippen molar-refractivity contribution >= 4 is 5.91 Å². The van der Waals surface area contributed by atoms with Crippen LogP contribution in [0.5, 0.6) is 0 Å². The van der Waals surface area contributed by atoms with E-state index in [2.05, 4.69) is 17.0 Å². The van der Waals surface area contributed by atoms with Gasteiger partial charge in [-0.05, 0) is 36.1 Å². The smallest absolute Gasteiger partial charge is 0.253 e. The Kier molecular flexibility index (Phi) is 3.88.